The van der Waals surface area contributed by atoms with Crippen LogP contribution in [0.4, 0.5) is 0 Å². The van der Waals surface area contributed by atoms with E-state index in [0.29, 0.717) is 18.1 Å². The van der Waals surface area contributed by atoms with Crippen molar-refractivity contribution >= 4 is 17.5 Å². The van der Waals surface area contributed by atoms with Crippen molar-refractivity contribution in [1.29, 1.82) is 0 Å². The third-order valence-corrected chi connectivity index (χ3v) is 5.40. The van der Waals surface area contributed by atoms with E-state index in [0.717, 1.165) is 18.7 Å². The Kier molecular flexibility index (Phi) is 3.91. The lowest BCUT2D eigenvalue weighted by molar-refractivity contribution is -0.119. The highest BCUT2D eigenvalue weighted by molar-refractivity contribution is 8.00. The molecule has 3 nitrogen and oxygen atoms in total. The van der Waals surface area contributed by atoms with Crippen LogP contribution in [0.25, 0.3) is 0 Å². The Balaban J connectivity index is 1.60. The second kappa shape index (κ2) is 5.65. The van der Waals surface area contributed by atoms with Crippen molar-refractivity contribution in [3.05, 3.63) is 35.4 Å². The SMILES string of the molecule is O=C(CC1Cc2ccccc2C1)C1SCN[C@@H]1CO. The lowest BCUT2D eigenvalue weighted by Gasteiger charge is -2.17. The minimum atomic E-state index is -0.0614. The first-order valence-corrected chi connectivity index (χ1v) is 7.88. The average Bonchev–Trinajstić information content (AvgIpc) is 3.03. The number of fused-ring (bicyclic) bond motifs is 1. The minimum absolute atomic E-state index is 0.0499. The van der Waals surface area contributed by atoms with E-state index >= 15 is 0 Å². The number of hydrogen-bond donors (Lipinski definition) is 2. The van der Waals surface area contributed by atoms with Crippen LogP contribution in [0, 0.1) is 5.92 Å². The normalized spacial score (nSPS) is 26.6. The predicted octanol–water partition coefficient (Wildman–Crippen LogP) is 1.38. The van der Waals surface area contributed by atoms with E-state index in [9.17, 15) is 9.90 Å². The summed E-state index contributed by atoms with van der Waals surface area (Å²) < 4.78 is 0. The van der Waals surface area contributed by atoms with Gasteiger partial charge in [-0.05, 0) is 29.9 Å². The molecule has 3 rings (SSSR count). The van der Waals surface area contributed by atoms with Crippen LogP contribution < -0.4 is 5.32 Å². The van der Waals surface area contributed by atoms with Crippen LogP contribution >= 0.6 is 11.8 Å². The van der Waals surface area contributed by atoms with Crippen LogP contribution in [0.5, 0.6) is 0 Å². The van der Waals surface area contributed by atoms with Crippen LogP contribution in [0.15, 0.2) is 24.3 Å². The van der Waals surface area contributed by atoms with Gasteiger partial charge in [0.1, 0.15) is 5.78 Å². The number of carbonyl (C=O) groups excluding carboxylic acids is 1. The van der Waals surface area contributed by atoms with Crippen molar-refractivity contribution < 1.29 is 9.90 Å². The number of aliphatic hydroxyl groups excluding tert-OH is 1. The first-order chi connectivity index (χ1) is 9.28. The van der Waals surface area contributed by atoms with Crippen LogP contribution in [0.3, 0.4) is 0 Å². The zero-order valence-corrected chi connectivity index (χ0v) is 11.7. The standard InChI is InChI=1S/C15H19NO2S/c17-8-13-15(19-9-16-13)14(18)7-10-5-11-3-1-2-4-12(11)6-10/h1-4,10,13,15-17H,5-9H2/t13-,15?/m1/s1. The molecule has 4 heteroatoms. The molecule has 0 radical (unpaired) electrons. The fourth-order valence-corrected chi connectivity index (χ4v) is 4.33. The smallest absolute Gasteiger partial charge is 0.147 e. The van der Waals surface area contributed by atoms with Crippen LogP contribution in [-0.2, 0) is 17.6 Å². The molecule has 1 fully saturated rings. The number of hydrogen-bond acceptors (Lipinski definition) is 4. The summed E-state index contributed by atoms with van der Waals surface area (Å²) in [6.07, 6.45) is 2.69. The molecular weight excluding hydrogens is 258 g/mol. The molecule has 1 aromatic rings. The van der Waals surface area contributed by atoms with E-state index < -0.39 is 0 Å². The molecule has 1 aliphatic carbocycles. The summed E-state index contributed by atoms with van der Waals surface area (Å²) >= 11 is 1.63. The van der Waals surface area contributed by atoms with Gasteiger partial charge in [0.25, 0.3) is 0 Å². The van der Waals surface area contributed by atoms with Gasteiger partial charge in [-0.3, -0.25) is 4.79 Å². The lowest BCUT2D eigenvalue weighted by atomic mass is 9.96. The van der Waals surface area contributed by atoms with Gasteiger partial charge in [-0.2, -0.15) is 0 Å². The number of aliphatic hydroxyl groups is 1. The maximum absolute atomic E-state index is 12.3. The first kappa shape index (κ1) is 13.2. The molecule has 19 heavy (non-hydrogen) atoms. The third kappa shape index (κ3) is 2.71. The molecule has 2 aliphatic rings. The molecule has 1 heterocycles. The summed E-state index contributed by atoms with van der Waals surface area (Å²) in [4.78, 5) is 12.3. The van der Waals surface area contributed by atoms with Gasteiger partial charge in [0.15, 0.2) is 0 Å². The molecule has 1 unspecified atom stereocenters. The molecule has 0 aromatic heterocycles. The van der Waals surface area contributed by atoms with Gasteiger partial charge in [-0.1, -0.05) is 24.3 Å². The molecule has 0 amide bonds. The lowest BCUT2D eigenvalue weighted by Crippen LogP contribution is -2.38. The molecule has 0 spiro atoms. The van der Waals surface area contributed by atoms with Crippen molar-refractivity contribution in [1.82, 2.24) is 5.32 Å². The molecular formula is C15H19NO2S. The minimum Gasteiger partial charge on any atom is -0.395 e. The highest BCUT2D eigenvalue weighted by Gasteiger charge is 2.34. The van der Waals surface area contributed by atoms with E-state index in [1.807, 2.05) is 0 Å². The zero-order valence-electron chi connectivity index (χ0n) is 10.8. The van der Waals surface area contributed by atoms with Crippen LogP contribution in [0.2, 0.25) is 0 Å². The molecule has 2 N–H and O–H groups in total. The first-order valence-electron chi connectivity index (χ1n) is 6.83. The largest absolute Gasteiger partial charge is 0.395 e. The number of rotatable bonds is 4. The summed E-state index contributed by atoms with van der Waals surface area (Å²) in [5, 5.41) is 12.4. The number of thioether (sulfide) groups is 1. The number of benzene rings is 1. The fraction of sp³-hybridized carbons (Fsp3) is 0.533. The molecule has 2 atom stereocenters. The van der Waals surface area contributed by atoms with Gasteiger partial charge in [-0.25, -0.2) is 0 Å². The summed E-state index contributed by atoms with van der Waals surface area (Å²) in [5.74, 6) is 1.52. The van der Waals surface area contributed by atoms with Gasteiger partial charge in [0.05, 0.1) is 11.9 Å². The Labute approximate surface area is 117 Å². The van der Waals surface area contributed by atoms with Crippen molar-refractivity contribution in [2.45, 2.75) is 30.6 Å². The zero-order chi connectivity index (χ0) is 13.2. The Morgan fingerprint density at radius 1 is 1.32 bits per heavy atom. The number of carbonyl (C=O) groups is 1. The van der Waals surface area contributed by atoms with E-state index in [4.69, 9.17) is 0 Å². The average molecular weight is 277 g/mol. The Morgan fingerprint density at radius 2 is 2.00 bits per heavy atom. The van der Waals surface area contributed by atoms with Crippen molar-refractivity contribution in [3.63, 3.8) is 0 Å². The van der Waals surface area contributed by atoms with Gasteiger partial charge >= 0.3 is 0 Å². The predicted molar refractivity (Wildman–Crippen MR) is 77.2 cm³/mol. The van der Waals surface area contributed by atoms with Gasteiger partial charge in [0.2, 0.25) is 0 Å². The highest BCUT2D eigenvalue weighted by Crippen LogP contribution is 2.31. The number of nitrogens with one attached hydrogen (secondary N) is 1. The molecule has 1 aliphatic heterocycles. The van der Waals surface area contributed by atoms with E-state index in [-0.39, 0.29) is 17.9 Å². The van der Waals surface area contributed by atoms with Crippen LogP contribution in [-0.4, -0.2) is 34.7 Å². The van der Waals surface area contributed by atoms with Crippen LogP contribution in [0.1, 0.15) is 17.5 Å². The Morgan fingerprint density at radius 3 is 2.63 bits per heavy atom. The highest BCUT2D eigenvalue weighted by atomic mass is 32.2. The second-order valence-corrected chi connectivity index (χ2v) is 6.57. The third-order valence-electron chi connectivity index (χ3n) is 4.11. The Hall–Kier alpha value is -0.840. The topological polar surface area (TPSA) is 49.3 Å². The molecule has 102 valence electrons. The summed E-state index contributed by atoms with van der Waals surface area (Å²) in [6.45, 7) is 0.0499. The van der Waals surface area contributed by atoms with Crippen molar-refractivity contribution in [3.8, 4) is 0 Å². The number of ketones is 1. The summed E-state index contributed by atoms with van der Waals surface area (Å²) in [6, 6.07) is 8.43. The maximum Gasteiger partial charge on any atom is 0.147 e. The maximum atomic E-state index is 12.3. The Bertz CT molecular complexity index is 452. The van der Waals surface area contributed by atoms with E-state index in [1.54, 1.807) is 11.8 Å². The van der Waals surface area contributed by atoms with Crippen molar-refractivity contribution in [2.24, 2.45) is 5.92 Å². The monoisotopic (exact) mass is 277 g/mol. The van der Waals surface area contributed by atoms with Crippen molar-refractivity contribution in [2.75, 3.05) is 12.5 Å². The fourth-order valence-electron chi connectivity index (χ4n) is 3.14. The summed E-state index contributed by atoms with van der Waals surface area (Å²) in [5.41, 5.74) is 2.80. The van der Waals surface area contributed by atoms with E-state index in [2.05, 4.69) is 29.6 Å². The second-order valence-electron chi connectivity index (χ2n) is 5.44. The van der Waals surface area contributed by atoms with Gasteiger partial charge in [0, 0.05) is 18.3 Å². The summed E-state index contributed by atoms with van der Waals surface area (Å²) in [7, 11) is 0. The molecule has 0 saturated carbocycles. The quantitative estimate of drug-likeness (QED) is 0.873. The number of Topliss-reactive ketones (excluding diaryl/α,β-unsaturated/α-hetero) is 1. The molecule has 0 bridgehead atoms. The molecule has 1 saturated heterocycles. The van der Waals surface area contributed by atoms with Gasteiger partial charge < -0.3 is 10.4 Å². The van der Waals surface area contributed by atoms with E-state index in [1.165, 1.54) is 11.1 Å². The molecule has 1 aromatic carbocycles. The van der Waals surface area contributed by atoms with Gasteiger partial charge in [-0.15, -0.1) is 11.8 Å².